The quantitative estimate of drug-likeness (QED) is 0.315. The van der Waals surface area contributed by atoms with E-state index >= 15 is 0 Å². The van der Waals surface area contributed by atoms with Crippen LogP contribution in [0, 0.1) is 0 Å². The lowest BCUT2D eigenvalue weighted by Crippen LogP contribution is -2.31. The van der Waals surface area contributed by atoms with Gasteiger partial charge in [0.2, 0.25) is 0 Å². The Kier molecular flexibility index (Phi) is 8.74. The van der Waals surface area contributed by atoms with Crippen LogP contribution in [-0.2, 0) is 9.47 Å². The molecule has 0 atom stereocenters. The van der Waals surface area contributed by atoms with Crippen LogP contribution in [0.2, 0.25) is 0 Å². The maximum atomic E-state index is 8.34. The fourth-order valence-corrected chi connectivity index (χ4v) is 0.606. The molecule has 0 aromatic carbocycles. The largest absolute Gasteiger partial charge is 0.394 e. The molecule has 5 N–H and O–H groups in total. The highest BCUT2D eigenvalue weighted by atomic mass is 16.5. The first-order chi connectivity index (χ1) is 5.77. The molecule has 0 heterocycles. The Bertz CT molecular complexity index is 90.7. The molecule has 0 unspecified atom stereocenters. The van der Waals surface area contributed by atoms with E-state index in [0.29, 0.717) is 32.8 Å². The van der Waals surface area contributed by atoms with Crippen molar-refractivity contribution in [1.82, 2.24) is 0 Å². The van der Waals surface area contributed by atoms with Gasteiger partial charge in [0, 0.05) is 6.61 Å². The third-order valence-corrected chi connectivity index (χ3v) is 1.20. The first-order valence-electron chi connectivity index (χ1n) is 4.05. The molecule has 0 aliphatic carbocycles. The minimum Gasteiger partial charge on any atom is -0.394 e. The monoisotopic (exact) mass is 178 g/mol. The van der Waals surface area contributed by atoms with Gasteiger partial charge in [0.15, 0.2) is 0 Å². The Morgan fingerprint density at radius 1 is 1.00 bits per heavy atom. The van der Waals surface area contributed by atoms with Crippen LogP contribution in [0.4, 0.5) is 0 Å². The summed E-state index contributed by atoms with van der Waals surface area (Å²) in [5, 5.41) is 8.34. The summed E-state index contributed by atoms with van der Waals surface area (Å²) in [6.07, 6.45) is 0.350. The summed E-state index contributed by atoms with van der Waals surface area (Å²) in [6.45, 7) is 1.99. The van der Waals surface area contributed by atoms with Gasteiger partial charge in [-0.15, -0.1) is 0 Å². The predicted octanol–water partition coefficient (Wildman–Crippen LogP) is -1.35. The summed E-state index contributed by atoms with van der Waals surface area (Å²) < 4.78 is 10.1. The van der Waals surface area contributed by atoms with Crippen molar-refractivity contribution >= 4 is 0 Å². The van der Waals surface area contributed by atoms with Gasteiger partial charge in [-0.1, -0.05) is 0 Å². The fraction of sp³-hybridized carbons (Fsp3) is 1.00. The van der Waals surface area contributed by atoms with Crippen LogP contribution in [0.15, 0.2) is 0 Å². The highest BCUT2D eigenvalue weighted by molar-refractivity contribution is 4.48. The first-order valence-corrected chi connectivity index (χ1v) is 4.05. The lowest BCUT2D eigenvalue weighted by molar-refractivity contribution is 0.0315. The van der Waals surface area contributed by atoms with E-state index in [-0.39, 0.29) is 12.8 Å². The molecular weight excluding hydrogens is 160 g/mol. The smallest absolute Gasteiger partial charge is 0.0701 e. The van der Waals surface area contributed by atoms with Crippen LogP contribution in [-0.4, -0.2) is 44.3 Å². The van der Waals surface area contributed by atoms with Crippen molar-refractivity contribution in [1.29, 1.82) is 0 Å². The molecule has 5 heteroatoms. The molecular formula is C7H18N2O3. The van der Waals surface area contributed by atoms with E-state index in [4.69, 9.17) is 26.0 Å². The second-order valence-electron chi connectivity index (χ2n) is 2.40. The Morgan fingerprint density at radius 3 is 2.08 bits per heavy atom. The van der Waals surface area contributed by atoms with Crippen LogP contribution in [0.5, 0.6) is 0 Å². The van der Waals surface area contributed by atoms with Crippen LogP contribution in [0.3, 0.4) is 0 Å². The van der Waals surface area contributed by atoms with Crippen LogP contribution in [0.1, 0.15) is 6.42 Å². The molecule has 0 saturated heterocycles. The molecule has 0 rings (SSSR count). The molecule has 0 fully saturated rings. The van der Waals surface area contributed by atoms with Gasteiger partial charge < -0.3 is 26.0 Å². The molecule has 74 valence electrons. The zero-order valence-corrected chi connectivity index (χ0v) is 7.24. The van der Waals surface area contributed by atoms with Gasteiger partial charge in [0.05, 0.1) is 32.6 Å². The second-order valence-corrected chi connectivity index (χ2v) is 2.40. The molecule has 0 saturated carbocycles. The van der Waals surface area contributed by atoms with Crippen LogP contribution in [0.25, 0.3) is 0 Å². The Morgan fingerprint density at radius 2 is 1.58 bits per heavy atom. The average Bonchev–Trinajstić information content (AvgIpc) is 2.02. The van der Waals surface area contributed by atoms with Gasteiger partial charge in [-0.3, -0.25) is 0 Å². The van der Waals surface area contributed by atoms with Gasteiger partial charge >= 0.3 is 0 Å². The maximum absolute atomic E-state index is 8.34. The molecule has 12 heavy (non-hydrogen) atoms. The van der Waals surface area contributed by atoms with E-state index < -0.39 is 0 Å². The molecule has 0 aromatic rings. The third-order valence-electron chi connectivity index (χ3n) is 1.20. The maximum Gasteiger partial charge on any atom is 0.0701 e. The van der Waals surface area contributed by atoms with Crippen LogP contribution < -0.4 is 11.5 Å². The number of aliphatic hydroxyl groups excluding tert-OH is 1. The highest BCUT2D eigenvalue weighted by Crippen LogP contribution is 1.83. The summed E-state index contributed by atoms with van der Waals surface area (Å²) >= 11 is 0. The third kappa shape index (κ3) is 9.80. The molecule has 0 bridgehead atoms. The summed E-state index contributed by atoms with van der Waals surface area (Å²) in [7, 11) is 0. The standard InChI is InChI=1S/C7H18N2O3/c8-7(9)1-3-11-5-6-12-4-2-10/h7,10H,1-6,8-9H2. The van der Waals surface area contributed by atoms with Gasteiger partial charge in [-0.05, 0) is 6.42 Å². The van der Waals surface area contributed by atoms with E-state index in [1.807, 2.05) is 0 Å². The molecule has 5 nitrogen and oxygen atoms in total. The predicted molar refractivity (Wildman–Crippen MR) is 45.5 cm³/mol. The van der Waals surface area contributed by atoms with Crippen molar-refractivity contribution in [2.75, 3.05) is 33.0 Å². The molecule has 0 aliphatic rings. The van der Waals surface area contributed by atoms with Gasteiger partial charge in [-0.2, -0.15) is 0 Å². The number of nitrogens with two attached hydrogens (primary N) is 2. The second kappa shape index (κ2) is 8.89. The zero-order chi connectivity index (χ0) is 9.23. The molecule has 0 radical (unpaired) electrons. The molecule has 0 spiro atoms. The van der Waals surface area contributed by atoms with Crippen molar-refractivity contribution in [2.24, 2.45) is 11.5 Å². The topological polar surface area (TPSA) is 90.7 Å². The van der Waals surface area contributed by atoms with Crippen molar-refractivity contribution in [3.05, 3.63) is 0 Å². The van der Waals surface area contributed by atoms with Gasteiger partial charge in [0.25, 0.3) is 0 Å². The average molecular weight is 178 g/mol. The minimum atomic E-state index is -0.302. The van der Waals surface area contributed by atoms with E-state index in [0.717, 1.165) is 0 Å². The van der Waals surface area contributed by atoms with Gasteiger partial charge in [-0.25, -0.2) is 0 Å². The molecule has 0 aromatic heterocycles. The number of hydrogen-bond donors (Lipinski definition) is 3. The number of hydrogen-bond acceptors (Lipinski definition) is 5. The van der Waals surface area contributed by atoms with Crippen molar-refractivity contribution < 1.29 is 14.6 Å². The highest BCUT2D eigenvalue weighted by Gasteiger charge is 1.93. The summed E-state index contributed by atoms with van der Waals surface area (Å²) in [4.78, 5) is 0. The Labute approximate surface area is 72.6 Å². The minimum absolute atomic E-state index is 0.0493. The molecule has 0 aliphatic heterocycles. The van der Waals surface area contributed by atoms with E-state index in [1.165, 1.54) is 0 Å². The summed E-state index contributed by atoms with van der Waals surface area (Å²) in [6, 6.07) is 0. The van der Waals surface area contributed by atoms with E-state index in [1.54, 1.807) is 0 Å². The van der Waals surface area contributed by atoms with Crippen molar-refractivity contribution in [2.45, 2.75) is 12.6 Å². The zero-order valence-electron chi connectivity index (χ0n) is 7.24. The van der Waals surface area contributed by atoms with E-state index in [9.17, 15) is 0 Å². The summed E-state index contributed by atoms with van der Waals surface area (Å²) in [5.41, 5.74) is 10.6. The summed E-state index contributed by atoms with van der Waals surface area (Å²) in [5.74, 6) is 0. The number of rotatable bonds is 8. The lowest BCUT2D eigenvalue weighted by Gasteiger charge is -2.06. The van der Waals surface area contributed by atoms with Crippen molar-refractivity contribution in [3.63, 3.8) is 0 Å². The molecule has 0 amide bonds. The van der Waals surface area contributed by atoms with Gasteiger partial charge in [0.1, 0.15) is 0 Å². The Balaban J connectivity index is 2.82. The number of ether oxygens (including phenoxy) is 2. The normalized spacial score (nSPS) is 11.0. The van der Waals surface area contributed by atoms with E-state index in [2.05, 4.69) is 0 Å². The van der Waals surface area contributed by atoms with Crippen molar-refractivity contribution in [3.8, 4) is 0 Å². The first kappa shape index (κ1) is 11.8. The number of aliphatic hydroxyl groups is 1. The lowest BCUT2D eigenvalue weighted by atomic mass is 10.4. The SMILES string of the molecule is NC(N)CCOCCOCCO. The van der Waals surface area contributed by atoms with Crippen LogP contribution >= 0.6 is 0 Å². The fourth-order valence-electron chi connectivity index (χ4n) is 0.606. The Hall–Kier alpha value is -0.200.